The van der Waals surface area contributed by atoms with Gasteiger partial charge in [0.15, 0.2) is 0 Å². The second kappa shape index (κ2) is 8.09. The molecule has 0 saturated carbocycles. The Morgan fingerprint density at radius 1 is 1.29 bits per heavy atom. The SMILES string of the molecule is CC(C)(C)OC(=O)N1CCC(N2C(=O)C(CC(O)CN)c3ccccc32)CC1. The van der Waals surface area contributed by atoms with E-state index in [1.807, 2.05) is 49.9 Å². The standard InChI is InChI=1S/C21H31N3O4/c1-21(2,3)28-20(27)23-10-8-14(9-11-23)24-18-7-5-4-6-16(18)17(19(24)26)12-15(25)13-22/h4-7,14-15,17,25H,8-13,22H2,1-3H3. The summed E-state index contributed by atoms with van der Waals surface area (Å²) in [4.78, 5) is 29.1. The number of ether oxygens (including phenoxy) is 1. The number of para-hydroxylation sites is 1. The summed E-state index contributed by atoms with van der Waals surface area (Å²) in [6.45, 7) is 6.82. The fourth-order valence-electron chi connectivity index (χ4n) is 4.03. The summed E-state index contributed by atoms with van der Waals surface area (Å²) < 4.78 is 5.46. The van der Waals surface area contributed by atoms with Gasteiger partial charge in [-0.1, -0.05) is 18.2 Å². The summed E-state index contributed by atoms with van der Waals surface area (Å²) in [7, 11) is 0. The number of nitrogens with two attached hydrogens (primary N) is 1. The van der Waals surface area contributed by atoms with Crippen molar-refractivity contribution in [2.45, 2.75) is 63.7 Å². The van der Waals surface area contributed by atoms with Gasteiger partial charge in [-0.05, 0) is 51.7 Å². The number of carbonyl (C=O) groups is 2. The van der Waals surface area contributed by atoms with Gasteiger partial charge in [0.05, 0.1) is 12.0 Å². The van der Waals surface area contributed by atoms with Gasteiger partial charge >= 0.3 is 6.09 Å². The highest BCUT2D eigenvalue weighted by Gasteiger charge is 2.42. The summed E-state index contributed by atoms with van der Waals surface area (Å²) in [6.07, 6.45) is 0.732. The number of anilines is 1. The molecule has 7 heteroatoms. The molecule has 1 saturated heterocycles. The maximum absolute atomic E-state index is 13.2. The molecule has 0 radical (unpaired) electrons. The van der Waals surface area contributed by atoms with Crippen molar-refractivity contribution in [3.8, 4) is 0 Å². The lowest BCUT2D eigenvalue weighted by Gasteiger charge is -2.37. The number of hydrogen-bond donors (Lipinski definition) is 2. The number of aliphatic hydroxyl groups is 1. The molecule has 1 fully saturated rings. The van der Waals surface area contributed by atoms with Crippen molar-refractivity contribution >= 4 is 17.7 Å². The normalized spacial score (nSPS) is 21.6. The molecule has 0 aromatic heterocycles. The van der Waals surface area contributed by atoms with E-state index in [0.29, 0.717) is 32.4 Å². The minimum atomic E-state index is -0.698. The smallest absolute Gasteiger partial charge is 0.410 e. The fourth-order valence-corrected chi connectivity index (χ4v) is 4.03. The van der Waals surface area contributed by atoms with Gasteiger partial charge in [0.25, 0.3) is 0 Å². The van der Waals surface area contributed by atoms with Crippen LogP contribution in [-0.2, 0) is 9.53 Å². The van der Waals surface area contributed by atoms with Crippen molar-refractivity contribution in [1.29, 1.82) is 0 Å². The lowest BCUT2D eigenvalue weighted by molar-refractivity contribution is -0.120. The number of benzene rings is 1. The highest BCUT2D eigenvalue weighted by Crippen LogP contribution is 2.42. The van der Waals surface area contributed by atoms with Crippen LogP contribution in [0, 0.1) is 0 Å². The zero-order valence-electron chi connectivity index (χ0n) is 16.9. The Bertz CT molecular complexity index is 723. The maximum Gasteiger partial charge on any atom is 0.410 e. The second-order valence-corrected chi connectivity index (χ2v) is 8.64. The second-order valence-electron chi connectivity index (χ2n) is 8.64. The molecule has 0 spiro atoms. The Morgan fingerprint density at radius 2 is 1.93 bits per heavy atom. The summed E-state index contributed by atoms with van der Waals surface area (Å²) >= 11 is 0. The summed E-state index contributed by atoms with van der Waals surface area (Å²) in [5.74, 6) is -0.344. The maximum atomic E-state index is 13.2. The van der Waals surface area contributed by atoms with E-state index in [0.717, 1.165) is 11.3 Å². The van der Waals surface area contributed by atoms with E-state index >= 15 is 0 Å². The third kappa shape index (κ3) is 4.31. The zero-order chi connectivity index (χ0) is 20.5. The third-order valence-corrected chi connectivity index (χ3v) is 5.37. The molecule has 7 nitrogen and oxygen atoms in total. The van der Waals surface area contributed by atoms with Crippen LogP contribution in [0.5, 0.6) is 0 Å². The molecule has 2 unspecified atom stereocenters. The van der Waals surface area contributed by atoms with Gasteiger partial charge in [-0.25, -0.2) is 4.79 Å². The molecule has 2 atom stereocenters. The van der Waals surface area contributed by atoms with Gasteiger partial charge in [0.1, 0.15) is 5.60 Å². The Labute approximate surface area is 166 Å². The van der Waals surface area contributed by atoms with Gasteiger partial charge < -0.3 is 25.4 Å². The van der Waals surface area contributed by atoms with E-state index in [-0.39, 0.29) is 30.5 Å². The van der Waals surface area contributed by atoms with Crippen LogP contribution in [0.2, 0.25) is 0 Å². The highest BCUT2D eigenvalue weighted by atomic mass is 16.6. The van der Waals surface area contributed by atoms with E-state index in [1.54, 1.807) is 4.90 Å². The average Bonchev–Trinajstić information content (AvgIpc) is 2.92. The predicted molar refractivity (Wildman–Crippen MR) is 107 cm³/mol. The molecule has 2 amide bonds. The summed E-state index contributed by atoms with van der Waals surface area (Å²) in [5.41, 5.74) is 6.90. The fraction of sp³-hybridized carbons (Fsp3) is 0.619. The first-order chi connectivity index (χ1) is 13.2. The van der Waals surface area contributed by atoms with Gasteiger partial charge in [-0.2, -0.15) is 0 Å². The minimum Gasteiger partial charge on any atom is -0.444 e. The van der Waals surface area contributed by atoms with Crippen molar-refractivity contribution in [3.63, 3.8) is 0 Å². The van der Waals surface area contributed by atoms with Gasteiger partial charge in [0, 0.05) is 31.4 Å². The Hall–Kier alpha value is -2.12. The Balaban J connectivity index is 1.71. The highest BCUT2D eigenvalue weighted by molar-refractivity contribution is 6.05. The molecular weight excluding hydrogens is 358 g/mol. The molecule has 2 aliphatic rings. The molecule has 3 rings (SSSR count). The number of piperidine rings is 1. The van der Waals surface area contributed by atoms with E-state index in [2.05, 4.69) is 0 Å². The molecule has 154 valence electrons. The lowest BCUT2D eigenvalue weighted by Crippen LogP contribution is -2.49. The van der Waals surface area contributed by atoms with E-state index in [4.69, 9.17) is 10.5 Å². The molecule has 0 bridgehead atoms. The molecule has 1 aromatic rings. The largest absolute Gasteiger partial charge is 0.444 e. The summed E-state index contributed by atoms with van der Waals surface area (Å²) in [6, 6.07) is 7.80. The van der Waals surface area contributed by atoms with Crippen LogP contribution in [0.3, 0.4) is 0 Å². The van der Waals surface area contributed by atoms with Crippen LogP contribution in [0.1, 0.15) is 51.5 Å². The number of fused-ring (bicyclic) bond motifs is 1. The Morgan fingerprint density at radius 3 is 2.54 bits per heavy atom. The Kier molecular flexibility index (Phi) is 5.95. The van der Waals surface area contributed by atoms with Gasteiger partial charge in [0.2, 0.25) is 5.91 Å². The first kappa shape index (κ1) is 20.6. The topological polar surface area (TPSA) is 96.1 Å². The quantitative estimate of drug-likeness (QED) is 0.823. The van der Waals surface area contributed by atoms with Crippen LogP contribution in [0.15, 0.2) is 24.3 Å². The molecule has 2 aliphatic heterocycles. The summed E-state index contributed by atoms with van der Waals surface area (Å²) in [5, 5.41) is 9.99. The number of nitrogens with zero attached hydrogens (tertiary/aromatic N) is 2. The predicted octanol–water partition coefficient (Wildman–Crippen LogP) is 2.23. The molecule has 2 heterocycles. The van der Waals surface area contributed by atoms with Crippen LogP contribution < -0.4 is 10.6 Å². The zero-order valence-corrected chi connectivity index (χ0v) is 16.9. The van der Waals surface area contributed by atoms with Gasteiger partial charge in [-0.3, -0.25) is 4.79 Å². The van der Waals surface area contributed by atoms with E-state index in [9.17, 15) is 14.7 Å². The first-order valence-corrected chi connectivity index (χ1v) is 9.99. The number of aliphatic hydroxyl groups excluding tert-OH is 1. The van der Waals surface area contributed by atoms with E-state index in [1.165, 1.54) is 0 Å². The van der Waals surface area contributed by atoms with Crippen molar-refractivity contribution < 1.29 is 19.4 Å². The van der Waals surface area contributed by atoms with Crippen molar-refractivity contribution in [2.75, 3.05) is 24.5 Å². The minimum absolute atomic E-state index is 0.0180. The molecule has 28 heavy (non-hydrogen) atoms. The molecule has 1 aromatic carbocycles. The third-order valence-electron chi connectivity index (χ3n) is 5.37. The number of rotatable bonds is 4. The van der Waals surface area contributed by atoms with Crippen LogP contribution in [0.25, 0.3) is 0 Å². The van der Waals surface area contributed by atoms with Crippen LogP contribution in [-0.4, -0.2) is 59.4 Å². The van der Waals surface area contributed by atoms with Gasteiger partial charge in [-0.15, -0.1) is 0 Å². The molecular formula is C21H31N3O4. The molecule has 3 N–H and O–H groups in total. The van der Waals surface area contributed by atoms with E-state index < -0.39 is 11.7 Å². The number of hydrogen-bond acceptors (Lipinski definition) is 5. The number of amides is 2. The van der Waals surface area contributed by atoms with Crippen molar-refractivity contribution in [1.82, 2.24) is 4.90 Å². The number of likely N-dealkylation sites (tertiary alicyclic amines) is 1. The molecule has 0 aliphatic carbocycles. The first-order valence-electron chi connectivity index (χ1n) is 9.99. The van der Waals surface area contributed by atoms with Crippen molar-refractivity contribution in [2.24, 2.45) is 5.73 Å². The van der Waals surface area contributed by atoms with Crippen LogP contribution in [0.4, 0.5) is 10.5 Å². The monoisotopic (exact) mass is 389 g/mol. The van der Waals surface area contributed by atoms with Crippen LogP contribution >= 0.6 is 0 Å². The van der Waals surface area contributed by atoms with Crippen molar-refractivity contribution in [3.05, 3.63) is 29.8 Å². The average molecular weight is 389 g/mol. The lowest BCUT2D eigenvalue weighted by atomic mass is 9.94. The number of carbonyl (C=O) groups excluding carboxylic acids is 2.